The number of carboxylic acid groups (broad SMARTS) is 1. The van der Waals surface area contributed by atoms with Crippen LogP contribution in [0.1, 0.15) is 32.1 Å². The largest absolute Gasteiger partial charge is 0.481 e. The highest BCUT2D eigenvalue weighted by molar-refractivity contribution is 5.86. The summed E-state index contributed by atoms with van der Waals surface area (Å²) in [5.74, 6) is -0.719. The number of nitrogens with one attached hydrogen (secondary N) is 1. The number of carboxylic acids is 1. The molecule has 6 heteroatoms. The Labute approximate surface area is 110 Å². The normalized spacial score (nSPS) is 10.7. The van der Waals surface area contributed by atoms with Crippen LogP contribution in [0.4, 0.5) is 5.69 Å². The van der Waals surface area contributed by atoms with Gasteiger partial charge in [-0.2, -0.15) is 0 Å². The maximum Gasteiger partial charge on any atom is 0.303 e. The van der Waals surface area contributed by atoms with Crippen molar-refractivity contribution in [1.29, 1.82) is 0 Å². The number of aliphatic carboxylic acids is 1. The zero-order valence-corrected chi connectivity index (χ0v) is 10.6. The minimum atomic E-state index is -0.719. The Hall–Kier alpha value is -2.11. The molecule has 1 aromatic heterocycles. The molecule has 6 nitrogen and oxygen atoms in total. The van der Waals surface area contributed by atoms with E-state index in [-0.39, 0.29) is 6.42 Å². The van der Waals surface area contributed by atoms with Gasteiger partial charge in [-0.15, -0.1) is 0 Å². The van der Waals surface area contributed by atoms with E-state index >= 15 is 0 Å². The molecule has 19 heavy (non-hydrogen) atoms. The molecule has 0 atom stereocenters. The van der Waals surface area contributed by atoms with Gasteiger partial charge in [0, 0.05) is 13.0 Å². The van der Waals surface area contributed by atoms with Crippen molar-refractivity contribution in [2.24, 2.45) is 0 Å². The molecule has 0 aliphatic carbocycles. The van der Waals surface area contributed by atoms with Crippen molar-refractivity contribution in [3.63, 3.8) is 0 Å². The molecule has 0 radical (unpaired) electrons. The summed E-state index contributed by atoms with van der Waals surface area (Å²) in [4.78, 5) is 10.3. The first-order chi connectivity index (χ1) is 9.27. The van der Waals surface area contributed by atoms with Gasteiger partial charge >= 0.3 is 5.97 Å². The molecule has 0 bridgehead atoms. The number of aromatic nitrogens is 2. The molecule has 0 saturated heterocycles. The Balaban J connectivity index is 1.68. The molecule has 0 aliphatic rings. The van der Waals surface area contributed by atoms with E-state index in [0.717, 1.165) is 48.9 Å². The second-order valence-corrected chi connectivity index (χ2v) is 4.42. The number of anilines is 1. The molecule has 0 spiro atoms. The number of fused-ring (bicyclic) bond motifs is 1. The minimum absolute atomic E-state index is 0.261. The molecule has 1 aromatic carbocycles. The number of nitrogens with zero attached hydrogens (tertiary/aromatic N) is 2. The van der Waals surface area contributed by atoms with Gasteiger partial charge in [0.15, 0.2) is 5.52 Å². The highest BCUT2D eigenvalue weighted by Gasteiger charge is 2.04. The molecule has 2 rings (SSSR count). The minimum Gasteiger partial charge on any atom is -0.481 e. The smallest absolute Gasteiger partial charge is 0.303 e. The van der Waals surface area contributed by atoms with Gasteiger partial charge in [-0.25, -0.2) is 4.63 Å². The number of rotatable bonds is 8. The molecule has 0 fully saturated rings. The van der Waals surface area contributed by atoms with Crippen molar-refractivity contribution in [1.82, 2.24) is 10.3 Å². The van der Waals surface area contributed by atoms with Crippen molar-refractivity contribution in [2.45, 2.75) is 32.1 Å². The zero-order chi connectivity index (χ0) is 13.5. The van der Waals surface area contributed by atoms with Crippen LogP contribution >= 0.6 is 0 Å². The van der Waals surface area contributed by atoms with E-state index in [2.05, 4.69) is 15.6 Å². The fourth-order valence-electron chi connectivity index (χ4n) is 1.93. The summed E-state index contributed by atoms with van der Waals surface area (Å²) in [6, 6.07) is 5.70. The third kappa shape index (κ3) is 3.94. The van der Waals surface area contributed by atoms with E-state index in [4.69, 9.17) is 9.74 Å². The molecule has 0 aliphatic heterocycles. The Morgan fingerprint density at radius 3 is 2.89 bits per heavy atom. The highest BCUT2D eigenvalue weighted by Crippen LogP contribution is 2.19. The molecule has 0 saturated carbocycles. The summed E-state index contributed by atoms with van der Waals surface area (Å²) >= 11 is 0. The number of hydrogen-bond donors (Lipinski definition) is 2. The molecular weight excluding hydrogens is 246 g/mol. The lowest BCUT2D eigenvalue weighted by Crippen LogP contribution is -2.02. The monoisotopic (exact) mass is 263 g/mol. The molecular formula is C13H17N3O3. The summed E-state index contributed by atoms with van der Waals surface area (Å²) in [6.07, 6.45) is 3.98. The maximum absolute atomic E-state index is 10.3. The molecule has 0 unspecified atom stereocenters. The lowest BCUT2D eigenvalue weighted by molar-refractivity contribution is -0.137. The number of carbonyl (C=O) groups is 1. The van der Waals surface area contributed by atoms with E-state index in [1.54, 1.807) is 0 Å². The molecule has 102 valence electrons. The summed E-state index contributed by atoms with van der Waals surface area (Å²) in [6.45, 7) is 0.832. The topological polar surface area (TPSA) is 88.2 Å². The highest BCUT2D eigenvalue weighted by atomic mass is 16.6. The maximum atomic E-state index is 10.3. The summed E-state index contributed by atoms with van der Waals surface area (Å²) in [7, 11) is 0. The van der Waals surface area contributed by atoms with Crippen molar-refractivity contribution in [2.75, 3.05) is 11.9 Å². The second kappa shape index (κ2) is 6.72. The van der Waals surface area contributed by atoms with Gasteiger partial charge in [-0.3, -0.25) is 4.79 Å². The molecule has 0 amide bonds. The fourth-order valence-corrected chi connectivity index (χ4v) is 1.93. The Morgan fingerprint density at radius 1 is 1.21 bits per heavy atom. The van der Waals surface area contributed by atoms with Crippen molar-refractivity contribution in [3.8, 4) is 0 Å². The third-order valence-corrected chi connectivity index (χ3v) is 2.92. The van der Waals surface area contributed by atoms with Crippen LogP contribution in [0.3, 0.4) is 0 Å². The van der Waals surface area contributed by atoms with Crippen LogP contribution in [-0.4, -0.2) is 27.9 Å². The Kier molecular flexibility index (Phi) is 4.72. The number of hydrogen-bond acceptors (Lipinski definition) is 5. The Morgan fingerprint density at radius 2 is 2.05 bits per heavy atom. The number of unbranched alkanes of at least 4 members (excludes halogenated alkanes) is 3. The van der Waals surface area contributed by atoms with Crippen molar-refractivity contribution < 1.29 is 14.5 Å². The van der Waals surface area contributed by atoms with Crippen molar-refractivity contribution >= 4 is 22.7 Å². The standard InChI is InChI=1S/C13H17N3O3/c17-12(18)8-3-1-2-4-9-14-10-6-5-7-11-13(10)16-19-15-11/h5-7,14H,1-4,8-9H2,(H,17,18). The van der Waals surface area contributed by atoms with Gasteiger partial charge in [0.1, 0.15) is 5.52 Å². The quantitative estimate of drug-likeness (QED) is 0.712. The van der Waals surface area contributed by atoms with Crippen LogP contribution in [0.2, 0.25) is 0 Å². The van der Waals surface area contributed by atoms with E-state index in [1.165, 1.54) is 0 Å². The molecule has 2 aromatic rings. The van der Waals surface area contributed by atoms with Crippen LogP contribution in [0, 0.1) is 0 Å². The van der Waals surface area contributed by atoms with Crippen LogP contribution in [-0.2, 0) is 4.79 Å². The predicted octanol–water partition coefficient (Wildman–Crippen LogP) is 2.67. The van der Waals surface area contributed by atoms with E-state index in [0.29, 0.717) is 0 Å². The summed E-state index contributed by atoms with van der Waals surface area (Å²) in [5.41, 5.74) is 2.41. The first-order valence-electron chi connectivity index (χ1n) is 6.44. The van der Waals surface area contributed by atoms with Gasteiger partial charge in [-0.05, 0) is 35.3 Å². The van der Waals surface area contributed by atoms with Gasteiger partial charge in [0.2, 0.25) is 0 Å². The fraction of sp³-hybridized carbons (Fsp3) is 0.462. The lowest BCUT2D eigenvalue weighted by Gasteiger charge is -2.05. The van der Waals surface area contributed by atoms with Crippen LogP contribution < -0.4 is 5.32 Å². The van der Waals surface area contributed by atoms with Crippen LogP contribution in [0.5, 0.6) is 0 Å². The van der Waals surface area contributed by atoms with Gasteiger partial charge in [0.05, 0.1) is 5.69 Å². The third-order valence-electron chi connectivity index (χ3n) is 2.92. The first-order valence-corrected chi connectivity index (χ1v) is 6.44. The Bertz CT molecular complexity index is 539. The molecule has 1 heterocycles. The van der Waals surface area contributed by atoms with Gasteiger partial charge in [0.25, 0.3) is 0 Å². The van der Waals surface area contributed by atoms with Gasteiger partial charge < -0.3 is 10.4 Å². The van der Waals surface area contributed by atoms with E-state index < -0.39 is 5.97 Å². The number of benzene rings is 1. The van der Waals surface area contributed by atoms with Crippen LogP contribution in [0.25, 0.3) is 11.0 Å². The zero-order valence-electron chi connectivity index (χ0n) is 10.6. The first kappa shape index (κ1) is 13.3. The average Bonchev–Trinajstić information content (AvgIpc) is 2.86. The molecule has 2 N–H and O–H groups in total. The van der Waals surface area contributed by atoms with Crippen molar-refractivity contribution in [3.05, 3.63) is 18.2 Å². The van der Waals surface area contributed by atoms with Crippen LogP contribution in [0.15, 0.2) is 22.8 Å². The summed E-state index contributed by atoms with van der Waals surface area (Å²) in [5, 5.41) is 19.4. The van der Waals surface area contributed by atoms with E-state index in [9.17, 15) is 4.79 Å². The lowest BCUT2D eigenvalue weighted by atomic mass is 10.1. The van der Waals surface area contributed by atoms with E-state index in [1.807, 2.05) is 18.2 Å². The SMILES string of the molecule is O=C(O)CCCCCCNc1cccc2nonc12. The second-order valence-electron chi connectivity index (χ2n) is 4.42. The predicted molar refractivity (Wildman–Crippen MR) is 71.0 cm³/mol. The average molecular weight is 263 g/mol. The van der Waals surface area contributed by atoms with Gasteiger partial charge in [-0.1, -0.05) is 18.9 Å². The summed E-state index contributed by atoms with van der Waals surface area (Å²) < 4.78 is 4.69.